The maximum atomic E-state index is 12.0. The van der Waals surface area contributed by atoms with Crippen molar-refractivity contribution in [3.05, 3.63) is 48.2 Å². The van der Waals surface area contributed by atoms with Gasteiger partial charge in [-0.2, -0.15) is 0 Å². The molecule has 1 aromatic heterocycles. The van der Waals surface area contributed by atoms with Crippen LogP contribution < -0.4 is 5.56 Å². The summed E-state index contributed by atoms with van der Waals surface area (Å²) in [6, 6.07) is 2.55. The topological polar surface area (TPSA) is 104 Å². The van der Waals surface area contributed by atoms with Crippen molar-refractivity contribution < 1.29 is 4.92 Å². The number of aromatic nitrogens is 2. The molecule has 2 aromatic rings. The summed E-state index contributed by atoms with van der Waals surface area (Å²) in [5, 5.41) is 16.4. The Hall–Kier alpha value is -2.12. The van der Waals surface area contributed by atoms with Crippen LogP contribution in [0.2, 0.25) is 10.0 Å². The zero-order valence-electron chi connectivity index (χ0n) is 11.2. The summed E-state index contributed by atoms with van der Waals surface area (Å²) in [6.07, 6.45) is 1.55. The van der Waals surface area contributed by atoms with Crippen molar-refractivity contribution in [1.82, 2.24) is 10.2 Å². The molecular formula is C13H10Cl2N4O3. The van der Waals surface area contributed by atoms with E-state index in [4.69, 9.17) is 23.2 Å². The van der Waals surface area contributed by atoms with E-state index in [1.54, 1.807) is 0 Å². The van der Waals surface area contributed by atoms with Crippen LogP contribution in [0.25, 0.3) is 11.3 Å². The van der Waals surface area contributed by atoms with E-state index in [2.05, 4.69) is 15.2 Å². The summed E-state index contributed by atoms with van der Waals surface area (Å²) in [4.78, 5) is 26.8. The minimum Gasteiger partial charge on any atom is -0.297 e. The molecular weight excluding hydrogens is 331 g/mol. The Balaban J connectivity index is 2.23. The van der Waals surface area contributed by atoms with E-state index in [0.29, 0.717) is 35.5 Å². The number of aliphatic imine (C=N–C) groups is 1. The average Bonchev–Trinajstić information content (AvgIpc) is 3.07. The van der Waals surface area contributed by atoms with Crippen LogP contribution in [0.15, 0.2) is 21.9 Å². The normalized spacial score (nSPS) is 14.2. The van der Waals surface area contributed by atoms with E-state index in [1.807, 2.05) is 0 Å². The first-order chi connectivity index (χ1) is 10.5. The molecule has 0 fully saturated rings. The van der Waals surface area contributed by atoms with Crippen molar-refractivity contribution in [2.75, 3.05) is 6.54 Å². The first-order valence-corrected chi connectivity index (χ1v) is 7.22. The number of hydrogen-bond acceptors (Lipinski definition) is 4. The predicted octanol–water partition coefficient (Wildman–Crippen LogP) is 3.17. The maximum absolute atomic E-state index is 12.0. The molecule has 0 bridgehead atoms. The summed E-state index contributed by atoms with van der Waals surface area (Å²) < 4.78 is 0. The molecule has 7 nitrogen and oxygen atoms in total. The van der Waals surface area contributed by atoms with E-state index in [1.165, 1.54) is 12.1 Å². The molecule has 22 heavy (non-hydrogen) atoms. The number of aromatic amines is 2. The molecule has 0 saturated carbocycles. The molecule has 0 amide bonds. The van der Waals surface area contributed by atoms with Gasteiger partial charge >= 0.3 is 0 Å². The number of nitrogens with one attached hydrogen (secondary N) is 2. The van der Waals surface area contributed by atoms with E-state index in [-0.39, 0.29) is 21.3 Å². The standard InChI is InChI=1S/C13H10Cl2N4O3/c14-7-5-8(15)10(19(21)22)4-6(7)12-11(13(20)18-17-12)9-2-1-3-16-9/h4-5H,1-3H2,(H2,17,18,20). The molecule has 1 aliphatic rings. The monoisotopic (exact) mass is 340 g/mol. The fraction of sp³-hybridized carbons (Fsp3) is 0.231. The summed E-state index contributed by atoms with van der Waals surface area (Å²) in [5.74, 6) is 0. The van der Waals surface area contributed by atoms with Gasteiger partial charge in [-0.25, -0.2) is 0 Å². The quantitative estimate of drug-likeness (QED) is 0.662. The van der Waals surface area contributed by atoms with Crippen molar-refractivity contribution in [1.29, 1.82) is 0 Å². The highest BCUT2D eigenvalue weighted by molar-refractivity contribution is 6.37. The minimum absolute atomic E-state index is 0.0589. The van der Waals surface area contributed by atoms with Gasteiger partial charge in [-0.15, -0.1) is 0 Å². The van der Waals surface area contributed by atoms with Crippen LogP contribution in [0.3, 0.4) is 0 Å². The predicted molar refractivity (Wildman–Crippen MR) is 84.2 cm³/mol. The van der Waals surface area contributed by atoms with Gasteiger partial charge in [-0.3, -0.25) is 30.1 Å². The summed E-state index contributed by atoms with van der Waals surface area (Å²) in [7, 11) is 0. The van der Waals surface area contributed by atoms with Gasteiger partial charge in [0.15, 0.2) is 0 Å². The lowest BCUT2D eigenvalue weighted by Gasteiger charge is -2.06. The number of nitrogens with zero attached hydrogens (tertiary/aromatic N) is 2. The molecule has 0 spiro atoms. The van der Waals surface area contributed by atoms with Gasteiger partial charge in [0.1, 0.15) is 5.02 Å². The average molecular weight is 341 g/mol. The Labute approximate surface area is 134 Å². The van der Waals surface area contributed by atoms with Crippen LogP contribution in [-0.2, 0) is 0 Å². The smallest absolute Gasteiger partial charge is 0.288 e. The fourth-order valence-corrected chi connectivity index (χ4v) is 2.99. The van der Waals surface area contributed by atoms with Crippen LogP contribution in [0.5, 0.6) is 0 Å². The SMILES string of the molecule is O=c1[nH][nH]c(-c2cc([N+](=O)[O-])c(Cl)cc2Cl)c1C1=NCCC1. The molecule has 1 aliphatic heterocycles. The van der Waals surface area contributed by atoms with Crippen LogP contribution in [0.1, 0.15) is 18.4 Å². The Kier molecular flexibility index (Phi) is 3.76. The fourth-order valence-electron chi connectivity index (χ4n) is 2.45. The van der Waals surface area contributed by atoms with Crippen LogP contribution in [-0.4, -0.2) is 27.4 Å². The Bertz CT molecular complexity index is 853. The number of rotatable bonds is 3. The van der Waals surface area contributed by atoms with Crippen LogP contribution >= 0.6 is 23.2 Å². The van der Waals surface area contributed by atoms with Gasteiger partial charge in [-0.1, -0.05) is 23.2 Å². The first-order valence-electron chi connectivity index (χ1n) is 6.47. The van der Waals surface area contributed by atoms with Crippen LogP contribution in [0.4, 0.5) is 5.69 Å². The van der Waals surface area contributed by atoms with Crippen molar-refractivity contribution in [3.63, 3.8) is 0 Å². The highest BCUT2D eigenvalue weighted by Gasteiger charge is 2.24. The van der Waals surface area contributed by atoms with Gasteiger partial charge in [0.2, 0.25) is 0 Å². The summed E-state index contributed by atoms with van der Waals surface area (Å²) in [6.45, 7) is 0.661. The number of nitro benzene ring substituents is 1. The van der Waals surface area contributed by atoms with Crippen molar-refractivity contribution in [2.45, 2.75) is 12.8 Å². The minimum atomic E-state index is -0.598. The Morgan fingerprint density at radius 3 is 2.64 bits per heavy atom. The largest absolute Gasteiger partial charge is 0.297 e. The molecule has 0 atom stereocenters. The zero-order valence-corrected chi connectivity index (χ0v) is 12.7. The zero-order chi connectivity index (χ0) is 15.9. The number of H-pyrrole nitrogens is 2. The Morgan fingerprint density at radius 2 is 2.00 bits per heavy atom. The molecule has 3 rings (SSSR count). The van der Waals surface area contributed by atoms with Gasteiger partial charge in [0.25, 0.3) is 11.2 Å². The number of halogens is 2. The molecule has 114 valence electrons. The van der Waals surface area contributed by atoms with Gasteiger partial charge in [-0.05, 0) is 18.9 Å². The number of hydrogen-bond donors (Lipinski definition) is 2. The lowest BCUT2D eigenvalue weighted by atomic mass is 10.0. The molecule has 0 saturated heterocycles. The first kappa shape index (κ1) is 14.8. The molecule has 1 aromatic carbocycles. The van der Waals surface area contributed by atoms with E-state index in [9.17, 15) is 14.9 Å². The summed E-state index contributed by atoms with van der Waals surface area (Å²) >= 11 is 12.0. The summed E-state index contributed by atoms with van der Waals surface area (Å²) in [5.41, 5.74) is 1.16. The molecule has 2 N–H and O–H groups in total. The molecule has 2 heterocycles. The maximum Gasteiger partial charge on any atom is 0.288 e. The van der Waals surface area contributed by atoms with E-state index < -0.39 is 4.92 Å². The van der Waals surface area contributed by atoms with E-state index in [0.717, 1.165) is 6.42 Å². The van der Waals surface area contributed by atoms with Crippen molar-refractivity contribution in [3.8, 4) is 11.3 Å². The second kappa shape index (κ2) is 5.58. The lowest BCUT2D eigenvalue weighted by molar-refractivity contribution is -0.384. The third-order valence-electron chi connectivity index (χ3n) is 3.44. The Morgan fingerprint density at radius 1 is 1.23 bits per heavy atom. The van der Waals surface area contributed by atoms with Gasteiger partial charge in [0.05, 0.1) is 21.2 Å². The number of benzene rings is 1. The van der Waals surface area contributed by atoms with Crippen LogP contribution in [0, 0.1) is 10.1 Å². The number of nitro groups is 1. The third kappa shape index (κ3) is 2.42. The lowest BCUT2D eigenvalue weighted by Crippen LogP contribution is -2.12. The van der Waals surface area contributed by atoms with Gasteiger partial charge in [0, 0.05) is 23.9 Å². The highest BCUT2D eigenvalue weighted by Crippen LogP contribution is 2.37. The molecule has 0 aliphatic carbocycles. The van der Waals surface area contributed by atoms with Gasteiger partial charge < -0.3 is 0 Å². The molecule has 9 heteroatoms. The molecule has 0 unspecified atom stereocenters. The second-order valence-corrected chi connectivity index (χ2v) is 5.62. The second-order valence-electron chi connectivity index (χ2n) is 4.80. The van der Waals surface area contributed by atoms with Crippen molar-refractivity contribution in [2.24, 2.45) is 4.99 Å². The highest BCUT2D eigenvalue weighted by atomic mass is 35.5. The third-order valence-corrected chi connectivity index (χ3v) is 4.06. The van der Waals surface area contributed by atoms with Crippen molar-refractivity contribution >= 4 is 34.6 Å². The molecule has 0 radical (unpaired) electrons. The van der Waals surface area contributed by atoms with E-state index >= 15 is 0 Å².